The molecule has 1 N–H and O–H groups in total. The van der Waals surface area contributed by atoms with Gasteiger partial charge in [-0.3, -0.25) is 10.1 Å². The molecule has 1 amide bonds. The van der Waals surface area contributed by atoms with E-state index < -0.39 is 19.8 Å². The Morgan fingerprint density at radius 3 is 2.19 bits per heavy atom. The summed E-state index contributed by atoms with van der Waals surface area (Å²) in [5.74, 6) is 0. The van der Waals surface area contributed by atoms with Crippen molar-refractivity contribution in [3.63, 3.8) is 0 Å². The maximum absolute atomic E-state index is 11.6. The highest BCUT2D eigenvalue weighted by Gasteiger charge is 2.40. The van der Waals surface area contributed by atoms with E-state index in [1.807, 2.05) is 20.8 Å². The summed E-state index contributed by atoms with van der Waals surface area (Å²) < 4.78 is 17.3. The smallest absolute Gasteiger partial charge is 0.465 e. The molecule has 10 heteroatoms. The fourth-order valence-electron chi connectivity index (χ4n) is 2.76. The average Bonchev–Trinajstić information content (AvgIpc) is 2.61. The molecule has 0 saturated heterocycles. The van der Waals surface area contributed by atoms with Crippen molar-refractivity contribution in [2.45, 2.75) is 39.8 Å². The first-order valence-corrected chi connectivity index (χ1v) is 10.9. The Hall–Kier alpha value is -2.01. The van der Waals surface area contributed by atoms with E-state index in [2.05, 4.69) is 0 Å². The minimum Gasteiger partial charge on any atom is -0.465 e. The summed E-state index contributed by atoms with van der Waals surface area (Å²) in [5, 5.41) is 20.6. The number of nitro groups is 1. The molecule has 0 heterocycles. The molecule has 0 fully saturated rings. The quantitative estimate of drug-likeness (QED) is 0.306. The van der Waals surface area contributed by atoms with Crippen LogP contribution in [0.4, 0.5) is 10.5 Å². The van der Waals surface area contributed by atoms with Gasteiger partial charge in [-0.2, -0.15) is 0 Å². The van der Waals surface area contributed by atoms with E-state index in [0.29, 0.717) is 37.8 Å². The fraction of sp³-hybridized carbons (Fsp3) is 0.588. The number of nitro benzene ring substituents is 1. The normalized spacial score (nSPS) is 11.4. The van der Waals surface area contributed by atoms with Gasteiger partial charge in [0.15, 0.2) is 0 Å². The number of carboxylic acid groups (broad SMARTS) is 1. The topological polar surface area (TPSA) is 111 Å². The minimum absolute atomic E-state index is 0.0566. The lowest BCUT2D eigenvalue weighted by molar-refractivity contribution is -0.385. The van der Waals surface area contributed by atoms with Crippen LogP contribution in [0.1, 0.15) is 32.8 Å². The Morgan fingerprint density at radius 1 is 1.15 bits per heavy atom. The van der Waals surface area contributed by atoms with E-state index in [0.717, 1.165) is 4.90 Å². The van der Waals surface area contributed by atoms with Gasteiger partial charge in [-0.05, 0) is 27.2 Å². The second-order valence-electron chi connectivity index (χ2n) is 5.68. The Labute approximate surface area is 160 Å². The summed E-state index contributed by atoms with van der Waals surface area (Å²) >= 11 is 0. The zero-order valence-electron chi connectivity index (χ0n) is 16.1. The van der Waals surface area contributed by atoms with Crippen LogP contribution < -0.4 is 0 Å². The summed E-state index contributed by atoms with van der Waals surface area (Å²) in [6.45, 7) is 7.07. The zero-order chi connectivity index (χ0) is 20.3. The standard InChI is InChI=1S/C17H28N2O7Si/c1-4-24-27(25-5-2,26-6-3)13-9-12-18(17(20)21)14-15-10-7-8-11-16(15)19(22)23/h7-8,10-11H,4-6,9,12-14H2,1-3H3,(H,20,21). The van der Waals surface area contributed by atoms with Crippen molar-refractivity contribution in [3.8, 4) is 0 Å². The van der Waals surface area contributed by atoms with Crippen molar-refractivity contribution in [2.75, 3.05) is 26.4 Å². The third-order valence-electron chi connectivity index (χ3n) is 3.82. The molecule has 0 aliphatic rings. The number of hydrogen-bond donors (Lipinski definition) is 1. The molecule has 1 aromatic rings. The van der Waals surface area contributed by atoms with Crippen LogP contribution in [0, 0.1) is 10.1 Å². The van der Waals surface area contributed by atoms with E-state index in [9.17, 15) is 20.0 Å². The summed E-state index contributed by atoms with van der Waals surface area (Å²) in [6, 6.07) is 6.61. The molecular weight excluding hydrogens is 372 g/mol. The highest BCUT2D eigenvalue weighted by molar-refractivity contribution is 6.60. The van der Waals surface area contributed by atoms with Gasteiger partial charge >= 0.3 is 14.9 Å². The molecule has 0 atom stereocenters. The van der Waals surface area contributed by atoms with Crippen LogP contribution in [-0.4, -0.2) is 56.2 Å². The van der Waals surface area contributed by atoms with Gasteiger partial charge in [-0.1, -0.05) is 18.2 Å². The van der Waals surface area contributed by atoms with Crippen molar-refractivity contribution in [1.82, 2.24) is 4.90 Å². The third-order valence-corrected chi connectivity index (χ3v) is 6.98. The second-order valence-corrected chi connectivity index (χ2v) is 8.41. The van der Waals surface area contributed by atoms with Gasteiger partial charge in [0.2, 0.25) is 0 Å². The molecule has 0 aliphatic carbocycles. The molecule has 9 nitrogen and oxygen atoms in total. The van der Waals surface area contributed by atoms with Crippen molar-refractivity contribution >= 4 is 20.6 Å². The van der Waals surface area contributed by atoms with Gasteiger partial charge in [-0.25, -0.2) is 4.79 Å². The molecule has 0 bridgehead atoms. The van der Waals surface area contributed by atoms with Crippen LogP contribution in [0.2, 0.25) is 6.04 Å². The first-order chi connectivity index (χ1) is 12.9. The molecular formula is C17H28N2O7Si. The van der Waals surface area contributed by atoms with Gasteiger partial charge in [0.1, 0.15) is 0 Å². The maximum atomic E-state index is 11.6. The van der Waals surface area contributed by atoms with E-state index >= 15 is 0 Å². The van der Waals surface area contributed by atoms with Gasteiger partial charge < -0.3 is 23.3 Å². The number of carbonyl (C=O) groups is 1. The summed E-state index contributed by atoms with van der Waals surface area (Å²) in [5.41, 5.74) is 0.262. The SMILES string of the molecule is CCO[Si](CCCN(Cc1ccccc1[N+](=O)[O-])C(=O)O)(OCC)OCC. The number of benzene rings is 1. The van der Waals surface area contributed by atoms with Gasteiger partial charge in [-0.15, -0.1) is 0 Å². The molecule has 1 aromatic carbocycles. The predicted molar refractivity (Wildman–Crippen MR) is 102 cm³/mol. The lowest BCUT2D eigenvalue weighted by atomic mass is 10.1. The first-order valence-electron chi connectivity index (χ1n) is 9.01. The maximum Gasteiger partial charge on any atom is 0.500 e. The van der Waals surface area contributed by atoms with Gasteiger partial charge in [0.25, 0.3) is 5.69 Å². The fourth-order valence-corrected chi connectivity index (χ4v) is 5.35. The number of amides is 1. The number of nitrogens with zero attached hydrogens (tertiary/aromatic N) is 2. The molecule has 0 aliphatic heterocycles. The summed E-state index contributed by atoms with van der Waals surface area (Å²) in [6.07, 6.45) is -0.663. The molecule has 27 heavy (non-hydrogen) atoms. The molecule has 0 saturated carbocycles. The lowest BCUT2D eigenvalue weighted by Gasteiger charge is -2.29. The van der Waals surface area contributed by atoms with Crippen molar-refractivity contribution in [2.24, 2.45) is 0 Å². The molecule has 1 rings (SSSR count). The van der Waals surface area contributed by atoms with Crippen LogP contribution in [0.5, 0.6) is 0 Å². The first kappa shape index (κ1) is 23.0. The van der Waals surface area contributed by atoms with Crippen molar-refractivity contribution < 1.29 is 28.1 Å². The van der Waals surface area contributed by atoms with Gasteiger partial charge in [0, 0.05) is 44.0 Å². The highest BCUT2D eigenvalue weighted by Crippen LogP contribution is 2.22. The van der Waals surface area contributed by atoms with Crippen LogP contribution in [0.25, 0.3) is 0 Å². The lowest BCUT2D eigenvalue weighted by Crippen LogP contribution is -2.46. The summed E-state index contributed by atoms with van der Waals surface area (Å²) in [4.78, 5) is 23.4. The molecule has 0 aromatic heterocycles. The highest BCUT2D eigenvalue weighted by atomic mass is 28.4. The zero-order valence-corrected chi connectivity index (χ0v) is 17.1. The Balaban J connectivity index is 2.80. The number of para-hydroxylation sites is 1. The Morgan fingerprint density at radius 2 is 1.70 bits per heavy atom. The van der Waals surface area contributed by atoms with E-state index in [-0.39, 0.29) is 18.8 Å². The number of hydrogen-bond acceptors (Lipinski definition) is 6. The summed E-state index contributed by atoms with van der Waals surface area (Å²) in [7, 11) is -2.85. The molecule has 0 spiro atoms. The molecule has 0 unspecified atom stereocenters. The van der Waals surface area contributed by atoms with Gasteiger partial charge in [0.05, 0.1) is 11.5 Å². The molecule has 0 radical (unpaired) electrons. The largest absolute Gasteiger partial charge is 0.500 e. The van der Waals surface area contributed by atoms with Crippen molar-refractivity contribution in [1.29, 1.82) is 0 Å². The van der Waals surface area contributed by atoms with Crippen LogP contribution in [0.3, 0.4) is 0 Å². The predicted octanol–water partition coefficient (Wildman–Crippen LogP) is 3.51. The van der Waals surface area contributed by atoms with Crippen molar-refractivity contribution in [3.05, 3.63) is 39.9 Å². The monoisotopic (exact) mass is 400 g/mol. The average molecular weight is 401 g/mol. The van der Waals surface area contributed by atoms with Crippen LogP contribution >= 0.6 is 0 Å². The number of rotatable bonds is 13. The Bertz CT molecular complexity index is 598. The van der Waals surface area contributed by atoms with Crippen LogP contribution in [0.15, 0.2) is 24.3 Å². The Kier molecular flexibility index (Phi) is 9.93. The van der Waals surface area contributed by atoms with Crippen LogP contribution in [-0.2, 0) is 19.8 Å². The van der Waals surface area contributed by atoms with E-state index in [1.54, 1.807) is 18.2 Å². The minimum atomic E-state index is -2.85. The van der Waals surface area contributed by atoms with E-state index in [4.69, 9.17) is 13.3 Å². The second kappa shape index (κ2) is 11.6. The molecule has 152 valence electrons. The third kappa shape index (κ3) is 7.25. The van der Waals surface area contributed by atoms with E-state index in [1.165, 1.54) is 6.07 Å².